The van der Waals surface area contributed by atoms with Gasteiger partial charge in [-0.3, -0.25) is 4.79 Å². The van der Waals surface area contributed by atoms with Gasteiger partial charge >= 0.3 is 13.4 Å². The molecule has 28 heavy (non-hydrogen) atoms. The molecular weight excluding hydrogens is 377 g/mol. The first-order valence-corrected chi connectivity index (χ1v) is 12.0. The van der Waals surface area contributed by atoms with E-state index in [1.807, 2.05) is 0 Å². The highest BCUT2D eigenvalue weighted by Gasteiger charge is 2.54. The summed E-state index contributed by atoms with van der Waals surface area (Å²) in [6.45, 7) is 1.74. The summed E-state index contributed by atoms with van der Waals surface area (Å²) in [7, 11) is -3.51. The largest absolute Gasteiger partial charge is 0.593 e. The lowest BCUT2D eigenvalue weighted by atomic mass is 10.0. The maximum Gasteiger partial charge on any atom is 0.355 e. The van der Waals surface area contributed by atoms with Crippen molar-refractivity contribution < 1.29 is 24.5 Å². The molecule has 0 bridgehead atoms. The van der Waals surface area contributed by atoms with Gasteiger partial charge in [-0.25, -0.2) is 0 Å². The lowest BCUT2D eigenvalue weighted by molar-refractivity contribution is -0.188. The van der Waals surface area contributed by atoms with Crippen molar-refractivity contribution in [1.29, 1.82) is 0 Å². The minimum atomic E-state index is -3.51. The average Bonchev–Trinajstić information content (AvgIpc) is 2.69. The van der Waals surface area contributed by atoms with Crippen LogP contribution in [0.5, 0.6) is 0 Å². The van der Waals surface area contributed by atoms with Gasteiger partial charge in [0.05, 0.1) is 0 Å². The van der Waals surface area contributed by atoms with Crippen LogP contribution in [0, 0.1) is 0 Å². The van der Waals surface area contributed by atoms with E-state index in [0.717, 1.165) is 38.5 Å². The zero-order chi connectivity index (χ0) is 21.3. The monoisotopic (exact) mass is 417 g/mol. The fourth-order valence-corrected chi connectivity index (χ4v) is 3.78. The minimum Gasteiger partial charge on any atom is -0.593 e. The molecule has 164 valence electrons. The molecule has 0 aromatic heterocycles. The molecule has 0 spiro atoms. The summed E-state index contributed by atoms with van der Waals surface area (Å²) >= 11 is 0. The third kappa shape index (κ3) is 11.4. The fraction of sp³-hybridized carbons (Fsp3) is 0.857. The smallest absolute Gasteiger partial charge is 0.355 e. The van der Waals surface area contributed by atoms with Crippen molar-refractivity contribution in [2.45, 2.75) is 108 Å². The van der Waals surface area contributed by atoms with E-state index in [9.17, 15) is 24.5 Å². The minimum absolute atomic E-state index is 0.0744. The molecule has 0 aliphatic rings. The number of rotatable bonds is 19. The van der Waals surface area contributed by atoms with Crippen LogP contribution in [0.4, 0.5) is 0 Å². The summed E-state index contributed by atoms with van der Waals surface area (Å²) < 4.78 is 11.2. The van der Waals surface area contributed by atoms with Crippen molar-refractivity contribution in [1.82, 2.24) is 0 Å². The summed E-state index contributed by atoms with van der Waals surface area (Å²) in [6.07, 6.45) is 17.2. The van der Waals surface area contributed by atoms with E-state index in [1.165, 1.54) is 38.5 Å². The van der Waals surface area contributed by atoms with Gasteiger partial charge in [-0.1, -0.05) is 75.0 Å². The Hall–Kier alpha value is -0.650. The molecule has 3 unspecified atom stereocenters. The van der Waals surface area contributed by atoms with E-state index in [1.54, 1.807) is 0 Å². The van der Waals surface area contributed by atoms with Crippen LogP contribution in [0.1, 0.15) is 96.8 Å². The Morgan fingerprint density at radius 3 is 1.93 bits per heavy atom. The van der Waals surface area contributed by atoms with Crippen LogP contribution in [0.2, 0.25) is 0 Å². The van der Waals surface area contributed by atoms with Gasteiger partial charge in [0.25, 0.3) is 0 Å². The lowest BCUT2D eigenvalue weighted by Gasteiger charge is -2.22. The van der Waals surface area contributed by atoms with Crippen LogP contribution in [0.3, 0.4) is 0 Å². The molecule has 3 atom stereocenters. The number of Topliss-reactive ketones (excluding diaryl/α,β-unsaturated/α-hetero) is 1. The highest BCUT2D eigenvalue weighted by molar-refractivity contribution is 7.39. The van der Waals surface area contributed by atoms with E-state index < -0.39 is 31.8 Å². The Balaban J connectivity index is 3.70. The normalized spacial score (nSPS) is 15.5. The second-order valence-corrected chi connectivity index (χ2v) is 8.69. The van der Waals surface area contributed by atoms with Crippen molar-refractivity contribution in [3.05, 3.63) is 12.2 Å². The van der Waals surface area contributed by atoms with Crippen LogP contribution < -0.4 is 10.6 Å². The zero-order valence-corrected chi connectivity index (χ0v) is 18.4. The molecule has 0 rings (SSSR count). The summed E-state index contributed by atoms with van der Waals surface area (Å²) in [5, 5.41) is 16.8. The Kier molecular flexibility index (Phi) is 16.8. The molecule has 0 saturated carbocycles. The predicted octanol–water partition coefficient (Wildman–Crippen LogP) is 3.70. The quantitative estimate of drug-likeness (QED) is 0.167. The summed E-state index contributed by atoms with van der Waals surface area (Å²) in [6, 6.07) is 0. The SMILES string of the molecule is CCCCCCCCC=CCCCCCCCC(=O)C(O)(C(O)CN)[P+](=O)[O-]. The number of allylic oxidation sites excluding steroid dienone is 2. The first-order valence-electron chi connectivity index (χ1n) is 10.8. The van der Waals surface area contributed by atoms with Crippen molar-refractivity contribution in [2.75, 3.05) is 6.54 Å². The van der Waals surface area contributed by atoms with Crippen molar-refractivity contribution in [3.8, 4) is 0 Å². The van der Waals surface area contributed by atoms with Crippen LogP contribution in [-0.4, -0.2) is 34.0 Å². The average molecular weight is 418 g/mol. The van der Waals surface area contributed by atoms with E-state index in [2.05, 4.69) is 19.1 Å². The first-order chi connectivity index (χ1) is 13.4. The van der Waals surface area contributed by atoms with Gasteiger partial charge in [-0.2, -0.15) is 0 Å². The van der Waals surface area contributed by atoms with Crippen molar-refractivity contribution in [2.24, 2.45) is 5.73 Å². The highest BCUT2D eigenvalue weighted by atomic mass is 31.1. The molecule has 4 N–H and O–H groups in total. The second kappa shape index (κ2) is 17.2. The number of carbonyl (C=O) groups excluding carboxylic acids is 1. The molecule has 0 fully saturated rings. The maximum absolute atomic E-state index is 12.0. The number of aliphatic hydroxyl groups is 2. The number of carbonyl (C=O) groups is 1. The number of nitrogens with two attached hydrogens (primary N) is 1. The van der Waals surface area contributed by atoms with Crippen LogP contribution in [0.25, 0.3) is 0 Å². The van der Waals surface area contributed by atoms with Crippen LogP contribution in [-0.2, 0) is 9.36 Å². The number of aliphatic hydroxyl groups excluding tert-OH is 1. The molecule has 7 heteroatoms. The summed E-state index contributed by atoms with van der Waals surface area (Å²) in [5.41, 5.74) is 5.18. The van der Waals surface area contributed by atoms with Crippen molar-refractivity contribution in [3.63, 3.8) is 0 Å². The van der Waals surface area contributed by atoms with E-state index >= 15 is 0 Å². The maximum atomic E-state index is 12.0. The predicted molar refractivity (Wildman–Crippen MR) is 112 cm³/mol. The van der Waals surface area contributed by atoms with Crippen LogP contribution in [0.15, 0.2) is 12.2 Å². The van der Waals surface area contributed by atoms with Gasteiger partial charge in [0.1, 0.15) is 6.10 Å². The van der Waals surface area contributed by atoms with Gasteiger partial charge in [0.2, 0.25) is 5.78 Å². The molecular formula is C21H40NO5P. The summed E-state index contributed by atoms with van der Waals surface area (Å²) in [4.78, 5) is 23.1. The Labute approximate surface area is 171 Å². The molecule has 0 aromatic carbocycles. The van der Waals surface area contributed by atoms with Crippen molar-refractivity contribution >= 4 is 13.8 Å². The third-order valence-corrected chi connectivity index (χ3v) is 6.15. The van der Waals surface area contributed by atoms with Gasteiger partial charge in [0, 0.05) is 13.0 Å². The molecule has 0 heterocycles. The zero-order valence-electron chi connectivity index (χ0n) is 17.5. The van der Waals surface area contributed by atoms with E-state index in [0.29, 0.717) is 6.42 Å². The number of ketones is 1. The molecule has 0 saturated heterocycles. The van der Waals surface area contributed by atoms with Gasteiger partial charge in [-0.15, -0.1) is 0 Å². The third-order valence-electron chi connectivity index (χ3n) is 5.04. The Morgan fingerprint density at radius 1 is 1.00 bits per heavy atom. The number of hydrogen-bond donors (Lipinski definition) is 3. The second-order valence-electron chi connectivity index (χ2n) is 7.49. The van der Waals surface area contributed by atoms with E-state index in [4.69, 9.17) is 5.73 Å². The van der Waals surface area contributed by atoms with Gasteiger partial charge in [0.15, 0.2) is 0 Å². The van der Waals surface area contributed by atoms with Crippen LogP contribution >= 0.6 is 8.03 Å². The standard InChI is InChI=1S/C21H40NO5P/c1-2-3-4-5-6-7-8-9-10-11-12-13-14-15-16-17-19(23)21(25,28(26)27)20(24)18-22/h9-10,20,24-25H,2-8,11-18,22H2,1H3. The Morgan fingerprint density at radius 2 is 1.46 bits per heavy atom. The fourth-order valence-electron chi connectivity index (χ4n) is 3.11. The summed E-state index contributed by atoms with van der Waals surface area (Å²) in [5.74, 6) is -0.876. The number of hydrogen-bond acceptors (Lipinski definition) is 6. The van der Waals surface area contributed by atoms with Gasteiger partial charge < -0.3 is 20.8 Å². The molecule has 0 aliphatic carbocycles. The molecule has 0 radical (unpaired) electrons. The lowest BCUT2D eigenvalue weighted by Crippen LogP contribution is -2.51. The van der Waals surface area contributed by atoms with E-state index in [-0.39, 0.29) is 6.42 Å². The highest BCUT2D eigenvalue weighted by Crippen LogP contribution is 2.34. The van der Waals surface area contributed by atoms with Gasteiger partial charge in [-0.05, 0) is 32.1 Å². The molecule has 0 aromatic rings. The topological polar surface area (TPSA) is 124 Å². The molecule has 6 nitrogen and oxygen atoms in total. The molecule has 0 aliphatic heterocycles. The number of unbranched alkanes of at least 4 members (excludes halogenated alkanes) is 11. The first kappa shape index (κ1) is 27.4. The molecule has 0 amide bonds. The Bertz CT molecular complexity index is 458.